The number of carbonyl (C=O) groups is 2. The summed E-state index contributed by atoms with van der Waals surface area (Å²) >= 11 is 12.3. The van der Waals surface area contributed by atoms with E-state index >= 15 is 8.78 Å². The molecule has 2 N–H and O–H groups in total. The number of anilines is 1. The molecule has 2 aliphatic rings. The lowest BCUT2D eigenvalue weighted by atomic mass is 9.62. The average molecular weight is 628 g/mol. The maximum Gasteiger partial charge on any atom is 0.248 e. The van der Waals surface area contributed by atoms with E-state index in [0.29, 0.717) is 12.1 Å². The molecule has 0 aliphatic carbocycles. The van der Waals surface area contributed by atoms with Gasteiger partial charge in [0, 0.05) is 28.1 Å². The molecule has 2 unspecified atom stereocenters. The summed E-state index contributed by atoms with van der Waals surface area (Å²) in [6, 6.07) is 13.5. The van der Waals surface area contributed by atoms with Crippen molar-refractivity contribution >= 4 is 40.7 Å². The molecule has 2 saturated heterocycles. The summed E-state index contributed by atoms with van der Waals surface area (Å²) in [4.78, 5) is 29.6. The Morgan fingerprint density at radius 2 is 1.88 bits per heavy atom. The molecule has 2 aliphatic heterocycles. The van der Waals surface area contributed by atoms with Crippen LogP contribution in [0.15, 0.2) is 54.6 Å². The van der Waals surface area contributed by atoms with Crippen LogP contribution in [0, 0.1) is 28.4 Å². The number of rotatable bonds is 6. The van der Waals surface area contributed by atoms with Crippen LogP contribution in [0.4, 0.5) is 14.5 Å². The molecule has 2 heterocycles. The van der Waals surface area contributed by atoms with Gasteiger partial charge in [-0.15, -0.1) is 0 Å². The van der Waals surface area contributed by atoms with Crippen molar-refractivity contribution in [2.45, 2.75) is 50.6 Å². The zero-order chi connectivity index (χ0) is 31.4. The highest BCUT2D eigenvalue weighted by Gasteiger charge is 2.67. The predicted octanol–water partition coefficient (Wildman–Crippen LogP) is 6.42. The predicted molar refractivity (Wildman–Crippen MR) is 160 cm³/mol. The van der Waals surface area contributed by atoms with E-state index in [1.807, 2.05) is 25.7 Å². The second kappa shape index (κ2) is 11.1. The van der Waals surface area contributed by atoms with Crippen LogP contribution in [-0.4, -0.2) is 42.6 Å². The number of benzene rings is 3. The molecule has 11 heteroatoms. The Morgan fingerprint density at radius 1 is 1.16 bits per heavy atom. The van der Waals surface area contributed by atoms with Gasteiger partial charge in [0.2, 0.25) is 11.8 Å². The summed E-state index contributed by atoms with van der Waals surface area (Å²) < 4.78 is 37.4. The van der Waals surface area contributed by atoms with Crippen molar-refractivity contribution in [2.24, 2.45) is 11.1 Å². The molecule has 7 nitrogen and oxygen atoms in total. The number of amides is 2. The summed E-state index contributed by atoms with van der Waals surface area (Å²) in [5, 5.41) is 11.0. The van der Waals surface area contributed by atoms with Crippen LogP contribution in [0.5, 0.6) is 5.75 Å². The minimum atomic E-state index is -1.71. The van der Waals surface area contributed by atoms with Crippen LogP contribution in [0.25, 0.3) is 0 Å². The summed E-state index contributed by atoms with van der Waals surface area (Å²) in [5.74, 6) is -3.54. The Kier molecular flexibility index (Phi) is 7.93. The minimum absolute atomic E-state index is 0.00610. The molecule has 0 spiro atoms. The zero-order valence-electron chi connectivity index (χ0n) is 24.0. The lowest BCUT2D eigenvalue weighted by Gasteiger charge is -2.40. The summed E-state index contributed by atoms with van der Waals surface area (Å²) in [7, 11) is 1.40. The number of hydrogen-bond acceptors (Lipinski definition) is 5. The third-order valence-electron chi connectivity index (χ3n) is 8.35. The van der Waals surface area contributed by atoms with Gasteiger partial charge in [-0.25, -0.2) is 8.78 Å². The molecule has 0 saturated carbocycles. The number of fused-ring (bicyclic) bond motifs is 1. The molecule has 2 fully saturated rings. The first-order valence-electron chi connectivity index (χ1n) is 13.6. The van der Waals surface area contributed by atoms with E-state index in [1.165, 1.54) is 48.4 Å². The molecule has 0 bridgehead atoms. The van der Waals surface area contributed by atoms with Crippen LogP contribution in [-0.2, 0) is 10.2 Å². The normalized spacial score (nSPS) is 23.7. The Morgan fingerprint density at radius 3 is 2.49 bits per heavy atom. The van der Waals surface area contributed by atoms with Crippen molar-refractivity contribution in [3.05, 3.63) is 93.0 Å². The van der Waals surface area contributed by atoms with Gasteiger partial charge >= 0.3 is 0 Å². The number of primary amides is 1. The highest BCUT2D eigenvalue weighted by molar-refractivity contribution is 6.31. The number of nitrogens with zero attached hydrogens (tertiary/aromatic N) is 3. The van der Waals surface area contributed by atoms with Crippen LogP contribution in [0.3, 0.4) is 0 Å². The first-order valence-corrected chi connectivity index (χ1v) is 14.4. The number of carbonyl (C=O) groups excluding carboxylic acids is 2. The van der Waals surface area contributed by atoms with Crippen LogP contribution < -0.4 is 15.4 Å². The van der Waals surface area contributed by atoms with Gasteiger partial charge < -0.3 is 10.5 Å². The van der Waals surface area contributed by atoms with E-state index in [9.17, 15) is 14.9 Å². The first kappa shape index (κ1) is 30.7. The lowest BCUT2D eigenvalue weighted by molar-refractivity contribution is -0.119. The molecular formula is C32H30Cl2F2N4O3. The second-order valence-corrected chi connectivity index (χ2v) is 13.0. The zero-order valence-corrected chi connectivity index (χ0v) is 25.5. The fourth-order valence-corrected chi connectivity index (χ4v) is 6.97. The fourth-order valence-electron chi connectivity index (χ4n) is 6.63. The van der Waals surface area contributed by atoms with Crippen molar-refractivity contribution in [3.63, 3.8) is 0 Å². The first-order chi connectivity index (χ1) is 20.2. The fraction of sp³-hybridized carbons (Fsp3) is 0.344. The van der Waals surface area contributed by atoms with Crippen molar-refractivity contribution in [1.29, 1.82) is 5.26 Å². The maximum atomic E-state index is 16.0. The standard InChI is InChI=1S/C32H30Cl2F2N4O3/c1-31(2,3)14-25-32(15-37,20-10-9-18(33)13-22(20)35)26(19-6-5-7-21(34)27(19)36)28-30(42)39(16-40(25)28)23-11-8-17(29(38)41)12-24(23)43-4/h5-13,25-26,28H,14,16H2,1-4H3,(H2,38,41)/t25?,26?,28-,32+/m1/s1. The van der Waals surface area contributed by atoms with Gasteiger partial charge in [0.05, 0.1) is 30.6 Å². The van der Waals surface area contributed by atoms with Crippen molar-refractivity contribution in [3.8, 4) is 11.8 Å². The third-order valence-corrected chi connectivity index (χ3v) is 8.88. The summed E-state index contributed by atoms with van der Waals surface area (Å²) in [6.07, 6.45) is 0.358. The quantitative estimate of drug-likeness (QED) is 0.340. The SMILES string of the molecule is COc1cc(C(N)=O)ccc1N1CN2C(CC(C)(C)C)[C@](C#N)(c3ccc(Cl)cc3F)C(c3cccc(Cl)c3F)[C@@H]2C1=O. The maximum absolute atomic E-state index is 16.0. The van der Waals surface area contributed by atoms with E-state index in [-0.39, 0.29) is 44.6 Å². The molecule has 43 heavy (non-hydrogen) atoms. The molecular weight excluding hydrogens is 597 g/mol. The van der Waals surface area contributed by atoms with E-state index < -0.39 is 46.9 Å². The van der Waals surface area contributed by atoms with Crippen molar-refractivity contribution in [1.82, 2.24) is 4.90 Å². The van der Waals surface area contributed by atoms with Crippen molar-refractivity contribution in [2.75, 3.05) is 18.7 Å². The number of ether oxygens (including phenoxy) is 1. The monoisotopic (exact) mass is 626 g/mol. The van der Waals surface area contributed by atoms with E-state index in [2.05, 4.69) is 6.07 Å². The van der Waals surface area contributed by atoms with Crippen molar-refractivity contribution < 1.29 is 23.1 Å². The number of nitrogens with two attached hydrogens (primary N) is 1. The van der Waals surface area contributed by atoms with Gasteiger partial charge in [-0.1, -0.05) is 62.2 Å². The van der Waals surface area contributed by atoms with Crippen LogP contribution in [0.2, 0.25) is 10.0 Å². The molecule has 0 radical (unpaired) electrons. The summed E-state index contributed by atoms with van der Waals surface area (Å²) in [5.41, 5.74) is 3.97. The van der Waals surface area contributed by atoms with Gasteiger partial charge in [-0.2, -0.15) is 5.26 Å². The largest absolute Gasteiger partial charge is 0.495 e. The van der Waals surface area contributed by atoms with Crippen LogP contribution >= 0.6 is 23.2 Å². The Bertz CT molecular complexity index is 1670. The van der Waals surface area contributed by atoms with Gasteiger partial charge in [0.1, 0.15) is 28.8 Å². The molecule has 224 valence electrons. The minimum Gasteiger partial charge on any atom is -0.495 e. The van der Waals surface area contributed by atoms with E-state index in [4.69, 9.17) is 33.7 Å². The summed E-state index contributed by atoms with van der Waals surface area (Å²) in [6.45, 7) is 5.94. The number of hydrogen-bond donors (Lipinski definition) is 1. The second-order valence-electron chi connectivity index (χ2n) is 12.1. The highest BCUT2D eigenvalue weighted by Crippen LogP contribution is 2.58. The highest BCUT2D eigenvalue weighted by atomic mass is 35.5. The number of halogens is 4. The molecule has 3 aromatic rings. The topological polar surface area (TPSA) is 99.7 Å². The average Bonchev–Trinajstić information content (AvgIpc) is 3.40. The number of methoxy groups -OCH3 is 1. The molecule has 4 atom stereocenters. The van der Waals surface area contributed by atoms with Gasteiger partial charge in [0.25, 0.3) is 0 Å². The van der Waals surface area contributed by atoms with Gasteiger partial charge in [0.15, 0.2) is 0 Å². The van der Waals surface area contributed by atoms with E-state index in [0.717, 1.165) is 6.07 Å². The van der Waals surface area contributed by atoms with Gasteiger partial charge in [-0.05, 0) is 53.8 Å². The molecule has 2 amide bonds. The lowest BCUT2D eigenvalue weighted by Crippen LogP contribution is -2.48. The molecule has 0 aromatic heterocycles. The Hall–Kier alpha value is -3.71. The third kappa shape index (κ3) is 5.01. The van der Waals surface area contributed by atoms with Gasteiger partial charge in [-0.3, -0.25) is 19.4 Å². The molecule has 3 aromatic carbocycles. The number of nitriles is 1. The Labute approximate surface area is 258 Å². The molecule has 5 rings (SSSR count). The van der Waals surface area contributed by atoms with E-state index in [1.54, 1.807) is 12.1 Å². The smallest absolute Gasteiger partial charge is 0.248 e. The Balaban J connectivity index is 1.78. The van der Waals surface area contributed by atoms with Crippen LogP contribution in [0.1, 0.15) is 54.6 Å².